The number of benzene rings is 1. The second-order valence-electron chi connectivity index (χ2n) is 4.86. The summed E-state index contributed by atoms with van der Waals surface area (Å²) in [6, 6.07) is 9.33. The largest absolute Gasteiger partial charge is 0.481 e. The van der Waals surface area contributed by atoms with E-state index in [2.05, 4.69) is 4.98 Å². The highest BCUT2D eigenvalue weighted by Gasteiger charge is 2.14. The van der Waals surface area contributed by atoms with Gasteiger partial charge in [-0.05, 0) is 38.0 Å². The molecule has 104 valence electrons. The van der Waals surface area contributed by atoms with E-state index in [1.807, 2.05) is 32.0 Å². The molecule has 0 fully saturated rings. The van der Waals surface area contributed by atoms with Crippen LogP contribution in [0.25, 0.3) is 0 Å². The van der Waals surface area contributed by atoms with Gasteiger partial charge in [0.25, 0.3) is 0 Å². The third-order valence-electron chi connectivity index (χ3n) is 3.17. The van der Waals surface area contributed by atoms with Crippen LogP contribution in [-0.2, 0) is 4.79 Å². The van der Waals surface area contributed by atoms with Gasteiger partial charge in [-0.25, -0.2) is 4.98 Å². The van der Waals surface area contributed by atoms with Gasteiger partial charge in [-0.1, -0.05) is 23.8 Å². The minimum Gasteiger partial charge on any atom is -0.481 e. The summed E-state index contributed by atoms with van der Waals surface area (Å²) < 4.78 is 5.70. The quantitative estimate of drug-likeness (QED) is 0.921. The van der Waals surface area contributed by atoms with Crippen molar-refractivity contribution in [1.29, 1.82) is 0 Å². The Morgan fingerprint density at radius 3 is 2.55 bits per heavy atom. The number of aromatic nitrogens is 1. The molecule has 0 aliphatic rings. The van der Waals surface area contributed by atoms with Crippen LogP contribution in [0.3, 0.4) is 0 Å². The number of carboxylic acids is 1. The van der Waals surface area contributed by atoms with E-state index in [4.69, 9.17) is 9.84 Å². The van der Waals surface area contributed by atoms with Gasteiger partial charge in [-0.2, -0.15) is 0 Å². The number of aliphatic carboxylic acids is 1. The maximum Gasteiger partial charge on any atom is 0.310 e. The number of rotatable bonds is 4. The molecule has 1 unspecified atom stereocenters. The zero-order valence-electron chi connectivity index (χ0n) is 11.8. The number of ether oxygens (including phenoxy) is 1. The highest BCUT2D eigenvalue weighted by atomic mass is 16.5. The van der Waals surface area contributed by atoms with Gasteiger partial charge in [-0.15, -0.1) is 0 Å². The smallest absolute Gasteiger partial charge is 0.310 e. The van der Waals surface area contributed by atoms with Crippen LogP contribution in [-0.4, -0.2) is 16.1 Å². The van der Waals surface area contributed by atoms with E-state index in [1.54, 1.807) is 19.1 Å². The topological polar surface area (TPSA) is 59.4 Å². The Morgan fingerprint density at radius 1 is 1.25 bits per heavy atom. The molecule has 1 atom stereocenters. The van der Waals surface area contributed by atoms with Crippen LogP contribution in [0.15, 0.2) is 36.5 Å². The van der Waals surface area contributed by atoms with Crippen LogP contribution in [0.5, 0.6) is 11.6 Å². The van der Waals surface area contributed by atoms with Gasteiger partial charge in [0.1, 0.15) is 5.75 Å². The lowest BCUT2D eigenvalue weighted by Crippen LogP contribution is -2.07. The first-order valence-corrected chi connectivity index (χ1v) is 6.41. The monoisotopic (exact) mass is 271 g/mol. The van der Waals surface area contributed by atoms with Crippen LogP contribution in [0.1, 0.15) is 29.5 Å². The molecule has 2 aromatic rings. The van der Waals surface area contributed by atoms with E-state index < -0.39 is 11.9 Å². The molecule has 1 aromatic carbocycles. The second kappa shape index (κ2) is 5.74. The Morgan fingerprint density at radius 2 is 2.00 bits per heavy atom. The Balaban J connectivity index is 2.16. The van der Waals surface area contributed by atoms with Crippen molar-refractivity contribution in [2.75, 3.05) is 0 Å². The van der Waals surface area contributed by atoms with Gasteiger partial charge >= 0.3 is 5.97 Å². The maximum atomic E-state index is 10.9. The van der Waals surface area contributed by atoms with Crippen molar-refractivity contribution < 1.29 is 14.6 Å². The van der Waals surface area contributed by atoms with Gasteiger partial charge in [0.2, 0.25) is 5.88 Å². The molecule has 0 aliphatic heterocycles. The molecular weight excluding hydrogens is 254 g/mol. The van der Waals surface area contributed by atoms with Gasteiger partial charge < -0.3 is 9.84 Å². The highest BCUT2D eigenvalue weighted by Crippen LogP contribution is 2.25. The van der Waals surface area contributed by atoms with Crippen LogP contribution in [0.2, 0.25) is 0 Å². The number of nitrogens with zero attached hydrogens (tertiary/aromatic N) is 1. The Labute approximate surface area is 118 Å². The minimum atomic E-state index is -0.866. The van der Waals surface area contributed by atoms with Crippen molar-refractivity contribution in [1.82, 2.24) is 4.98 Å². The SMILES string of the molecule is Cc1ccc(Oc2ccc(C(C)C(=O)O)cn2)c(C)c1. The summed E-state index contributed by atoms with van der Waals surface area (Å²) in [7, 11) is 0. The summed E-state index contributed by atoms with van der Waals surface area (Å²) in [4.78, 5) is 15.0. The lowest BCUT2D eigenvalue weighted by Gasteiger charge is -2.10. The first kappa shape index (κ1) is 14.1. The fourth-order valence-electron chi connectivity index (χ4n) is 1.88. The van der Waals surface area contributed by atoms with E-state index in [1.165, 1.54) is 11.8 Å². The molecule has 1 aromatic heterocycles. The van der Waals surface area contributed by atoms with Crippen LogP contribution in [0, 0.1) is 13.8 Å². The zero-order valence-corrected chi connectivity index (χ0v) is 11.8. The summed E-state index contributed by atoms with van der Waals surface area (Å²) in [6.07, 6.45) is 1.54. The van der Waals surface area contributed by atoms with Gasteiger partial charge in [0.15, 0.2) is 0 Å². The van der Waals surface area contributed by atoms with E-state index in [9.17, 15) is 4.79 Å². The van der Waals surface area contributed by atoms with E-state index in [-0.39, 0.29) is 0 Å². The molecule has 4 nitrogen and oxygen atoms in total. The molecule has 0 saturated heterocycles. The molecular formula is C16H17NO3. The Hall–Kier alpha value is -2.36. The number of pyridine rings is 1. The molecule has 4 heteroatoms. The molecule has 0 aliphatic carbocycles. The third kappa shape index (κ3) is 3.15. The number of hydrogen-bond acceptors (Lipinski definition) is 3. The minimum absolute atomic E-state index is 0.457. The average molecular weight is 271 g/mol. The molecule has 0 spiro atoms. The summed E-state index contributed by atoms with van der Waals surface area (Å²) in [5, 5.41) is 8.94. The molecule has 1 heterocycles. The van der Waals surface area contributed by atoms with Crippen LogP contribution in [0.4, 0.5) is 0 Å². The zero-order chi connectivity index (χ0) is 14.7. The van der Waals surface area contributed by atoms with Gasteiger partial charge in [0.05, 0.1) is 5.92 Å². The first-order valence-electron chi connectivity index (χ1n) is 6.41. The lowest BCUT2D eigenvalue weighted by molar-refractivity contribution is -0.138. The number of carbonyl (C=O) groups is 1. The van der Waals surface area contributed by atoms with Crippen LogP contribution < -0.4 is 4.74 Å². The van der Waals surface area contributed by atoms with Crippen molar-refractivity contribution in [3.8, 4) is 11.6 Å². The molecule has 20 heavy (non-hydrogen) atoms. The molecule has 0 saturated carbocycles. The van der Waals surface area contributed by atoms with Crippen molar-refractivity contribution in [2.45, 2.75) is 26.7 Å². The summed E-state index contributed by atoms with van der Waals surface area (Å²) in [5.74, 6) is -0.229. The molecule has 0 bridgehead atoms. The van der Waals surface area contributed by atoms with Gasteiger partial charge in [0, 0.05) is 12.3 Å². The number of carboxylic acid groups (broad SMARTS) is 1. The lowest BCUT2D eigenvalue weighted by atomic mass is 10.0. The summed E-state index contributed by atoms with van der Waals surface area (Å²) in [5.41, 5.74) is 2.87. The molecule has 2 rings (SSSR count). The standard InChI is InChI=1S/C16H17NO3/c1-10-4-6-14(11(2)8-10)20-15-7-5-13(9-17-15)12(3)16(18)19/h4-9,12H,1-3H3,(H,18,19). The fraction of sp³-hybridized carbons (Fsp3) is 0.250. The fourth-order valence-corrected chi connectivity index (χ4v) is 1.88. The molecule has 0 amide bonds. The predicted molar refractivity (Wildman–Crippen MR) is 76.3 cm³/mol. The first-order chi connectivity index (χ1) is 9.47. The second-order valence-corrected chi connectivity index (χ2v) is 4.86. The van der Waals surface area contributed by atoms with E-state index in [0.29, 0.717) is 11.4 Å². The maximum absolute atomic E-state index is 10.9. The summed E-state index contributed by atoms with van der Waals surface area (Å²) in [6.45, 7) is 5.63. The van der Waals surface area contributed by atoms with E-state index in [0.717, 1.165) is 11.3 Å². The van der Waals surface area contributed by atoms with Gasteiger partial charge in [-0.3, -0.25) is 4.79 Å². The van der Waals surface area contributed by atoms with Crippen molar-refractivity contribution >= 4 is 5.97 Å². The Kier molecular flexibility index (Phi) is 4.03. The van der Waals surface area contributed by atoms with Crippen LogP contribution >= 0.6 is 0 Å². The molecule has 0 radical (unpaired) electrons. The van der Waals surface area contributed by atoms with Crippen molar-refractivity contribution in [2.24, 2.45) is 0 Å². The highest BCUT2D eigenvalue weighted by molar-refractivity contribution is 5.75. The third-order valence-corrected chi connectivity index (χ3v) is 3.17. The predicted octanol–water partition coefficient (Wildman–Crippen LogP) is 3.68. The van der Waals surface area contributed by atoms with Crippen molar-refractivity contribution in [3.63, 3.8) is 0 Å². The molecule has 1 N–H and O–H groups in total. The Bertz CT molecular complexity index is 620. The number of aryl methyl sites for hydroxylation is 2. The van der Waals surface area contributed by atoms with E-state index >= 15 is 0 Å². The normalized spacial score (nSPS) is 11.9. The summed E-state index contributed by atoms with van der Waals surface area (Å²) >= 11 is 0. The van der Waals surface area contributed by atoms with Crippen molar-refractivity contribution in [3.05, 3.63) is 53.2 Å². The average Bonchev–Trinajstić information content (AvgIpc) is 2.42. The number of hydrogen-bond donors (Lipinski definition) is 1.